The third kappa shape index (κ3) is 2.73. The van der Waals surface area contributed by atoms with Gasteiger partial charge in [0.15, 0.2) is 0 Å². The molecule has 0 aromatic rings. The van der Waals surface area contributed by atoms with Crippen LogP contribution in [0.1, 0.15) is 6.92 Å². The highest BCUT2D eigenvalue weighted by molar-refractivity contribution is 5.36. The Balaban J connectivity index is 5.22. The van der Waals surface area contributed by atoms with E-state index in [-0.39, 0.29) is 5.57 Å². The van der Waals surface area contributed by atoms with Crippen molar-refractivity contribution in [1.29, 1.82) is 0 Å². The molecule has 13 heavy (non-hydrogen) atoms. The molecule has 0 atom stereocenters. The lowest BCUT2D eigenvalue weighted by Crippen LogP contribution is -2.24. The predicted molar refractivity (Wildman–Crippen MR) is 45.2 cm³/mol. The van der Waals surface area contributed by atoms with E-state index in [1.807, 2.05) is 0 Å². The Morgan fingerprint density at radius 2 is 2.00 bits per heavy atom. The van der Waals surface area contributed by atoms with Crippen LogP contribution in [0, 0.1) is 0 Å². The second-order valence-corrected chi connectivity index (χ2v) is 2.57. The van der Waals surface area contributed by atoms with Gasteiger partial charge in [-0.3, -0.25) is 0 Å². The van der Waals surface area contributed by atoms with Gasteiger partial charge in [0.25, 0.3) is 5.92 Å². The first-order chi connectivity index (χ1) is 5.86. The van der Waals surface area contributed by atoms with Crippen LogP contribution in [-0.2, 0) is 0 Å². The van der Waals surface area contributed by atoms with E-state index < -0.39 is 23.9 Å². The van der Waals surface area contributed by atoms with Crippen LogP contribution in [0.2, 0.25) is 0 Å². The van der Waals surface area contributed by atoms with Crippen LogP contribution in [0.3, 0.4) is 0 Å². The molecular formula is C9H11F3O. The average molecular weight is 192 g/mol. The fraction of sp³-hybridized carbons (Fsp3) is 0.333. The maximum absolute atomic E-state index is 13.0. The number of aliphatic hydroxyl groups is 1. The molecular weight excluding hydrogens is 181 g/mol. The summed E-state index contributed by atoms with van der Waals surface area (Å²) < 4.78 is 38.5. The number of rotatable bonds is 4. The normalized spacial score (nSPS) is 13.6. The molecule has 0 bridgehead atoms. The first-order valence-corrected chi connectivity index (χ1v) is 3.54. The highest BCUT2D eigenvalue weighted by Crippen LogP contribution is 2.30. The largest absolute Gasteiger partial charge is 0.390 e. The standard InChI is InChI=1S/C9H11F3O/c1-4-7(8(10)6(2)3)9(11,12)5-13/h4,13H,1-2,5H2,3H3/b8-7-. The van der Waals surface area contributed by atoms with E-state index in [4.69, 9.17) is 5.11 Å². The Morgan fingerprint density at radius 1 is 1.54 bits per heavy atom. The van der Waals surface area contributed by atoms with Gasteiger partial charge < -0.3 is 5.11 Å². The van der Waals surface area contributed by atoms with E-state index >= 15 is 0 Å². The Hall–Kier alpha value is -1.03. The molecule has 0 aliphatic heterocycles. The van der Waals surface area contributed by atoms with E-state index in [1.54, 1.807) is 0 Å². The Kier molecular flexibility index (Phi) is 3.94. The molecule has 0 fully saturated rings. The molecule has 0 unspecified atom stereocenters. The molecule has 0 rings (SSSR count). The van der Waals surface area contributed by atoms with Gasteiger partial charge in [0.05, 0.1) is 5.57 Å². The van der Waals surface area contributed by atoms with Crippen molar-refractivity contribution < 1.29 is 18.3 Å². The molecule has 0 aliphatic carbocycles. The van der Waals surface area contributed by atoms with Crippen molar-refractivity contribution in [1.82, 2.24) is 0 Å². The minimum absolute atomic E-state index is 0.122. The summed E-state index contributed by atoms with van der Waals surface area (Å²) in [7, 11) is 0. The third-order valence-corrected chi connectivity index (χ3v) is 1.41. The van der Waals surface area contributed by atoms with Gasteiger partial charge in [-0.15, -0.1) is 0 Å². The summed E-state index contributed by atoms with van der Waals surface area (Å²) >= 11 is 0. The predicted octanol–water partition coefficient (Wildman–Crippen LogP) is 2.60. The number of hydrogen-bond donors (Lipinski definition) is 1. The monoisotopic (exact) mass is 192 g/mol. The summed E-state index contributed by atoms with van der Waals surface area (Å²) in [6.45, 7) is 6.03. The molecule has 1 N–H and O–H groups in total. The zero-order valence-electron chi connectivity index (χ0n) is 7.28. The Labute approximate surface area is 74.9 Å². The minimum Gasteiger partial charge on any atom is -0.390 e. The van der Waals surface area contributed by atoms with Gasteiger partial charge in [-0.2, -0.15) is 8.78 Å². The number of allylic oxidation sites excluding steroid dienone is 3. The molecule has 0 spiro atoms. The quantitative estimate of drug-likeness (QED) is 0.679. The van der Waals surface area contributed by atoms with Gasteiger partial charge in [0, 0.05) is 0 Å². The summed E-state index contributed by atoms with van der Waals surface area (Å²) in [5, 5.41) is 8.30. The average Bonchev–Trinajstić information content (AvgIpc) is 2.05. The van der Waals surface area contributed by atoms with Gasteiger partial charge in [-0.25, -0.2) is 4.39 Å². The van der Waals surface area contributed by atoms with Crippen LogP contribution in [0.25, 0.3) is 0 Å². The SMILES string of the molecule is C=C/C(=C(/F)C(=C)C)C(F)(F)CO. The van der Waals surface area contributed by atoms with E-state index in [2.05, 4.69) is 13.2 Å². The molecule has 0 aliphatic rings. The first-order valence-electron chi connectivity index (χ1n) is 3.54. The smallest absolute Gasteiger partial charge is 0.298 e. The lowest BCUT2D eigenvalue weighted by molar-refractivity contribution is -0.0143. The summed E-state index contributed by atoms with van der Waals surface area (Å²) in [6.07, 6.45) is 0.681. The van der Waals surface area contributed by atoms with Crippen molar-refractivity contribution in [3.05, 3.63) is 36.2 Å². The fourth-order valence-electron chi connectivity index (χ4n) is 0.715. The van der Waals surface area contributed by atoms with Crippen LogP contribution in [-0.4, -0.2) is 17.6 Å². The summed E-state index contributed by atoms with van der Waals surface area (Å²) in [6, 6.07) is 0. The van der Waals surface area contributed by atoms with Crippen LogP contribution in [0.4, 0.5) is 13.2 Å². The van der Waals surface area contributed by atoms with E-state index in [0.717, 1.165) is 0 Å². The zero-order chi connectivity index (χ0) is 10.6. The third-order valence-electron chi connectivity index (χ3n) is 1.41. The van der Waals surface area contributed by atoms with Crippen LogP contribution >= 0.6 is 0 Å². The van der Waals surface area contributed by atoms with Crippen molar-refractivity contribution in [3.63, 3.8) is 0 Å². The number of halogens is 3. The van der Waals surface area contributed by atoms with E-state index in [1.165, 1.54) is 6.92 Å². The van der Waals surface area contributed by atoms with Gasteiger partial charge in [0.2, 0.25) is 0 Å². The van der Waals surface area contributed by atoms with Gasteiger partial charge in [-0.1, -0.05) is 19.2 Å². The highest BCUT2D eigenvalue weighted by Gasteiger charge is 2.34. The fourth-order valence-corrected chi connectivity index (χ4v) is 0.715. The highest BCUT2D eigenvalue weighted by atomic mass is 19.3. The summed E-state index contributed by atoms with van der Waals surface area (Å²) in [4.78, 5) is 0. The maximum Gasteiger partial charge on any atom is 0.298 e. The summed E-state index contributed by atoms with van der Waals surface area (Å²) in [5.74, 6) is -4.74. The molecule has 0 saturated carbocycles. The topological polar surface area (TPSA) is 20.2 Å². The van der Waals surface area contributed by atoms with Crippen LogP contribution in [0.5, 0.6) is 0 Å². The Bertz CT molecular complexity index is 254. The molecule has 0 saturated heterocycles. The van der Waals surface area contributed by atoms with E-state index in [0.29, 0.717) is 6.08 Å². The molecule has 0 radical (unpaired) electrons. The molecule has 0 aromatic heterocycles. The zero-order valence-corrected chi connectivity index (χ0v) is 7.28. The number of hydrogen-bond acceptors (Lipinski definition) is 1. The maximum atomic E-state index is 13.0. The Morgan fingerprint density at radius 3 is 2.23 bits per heavy atom. The number of alkyl halides is 2. The first kappa shape index (κ1) is 12.0. The lowest BCUT2D eigenvalue weighted by atomic mass is 10.1. The molecule has 4 heteroatoms. The summed E-state index contributed by atoms with van der Waals surface area (Å²) in [5.41, 5.74) is -1.05. The van der Waals surface area contributed by atoms with Crippen molar-refractivity contribution in [3.8, 4) is 0 Å². The molecule has 0 amide bonds. The van der Waals surface area contributed by atoms with E-state index in [9.17, 15) is 13.2 Å². The second-order valence-electron chi connectivity index (χ2n) is 2.57. The molecule has 0 heterocycles. The lowest BCUT2D eigenvalue weighted by Gasteiger charge is -2.15. The van der Waals surface area contributed by atoms with Crippen molar-refractivity contribution in [2.24, 2.45) is 0 Å². The van der Waals surface area contributed by atoms with Crippen molar-refractivity contribution in [2.45, 2.75) is 12.8 Å². The molecule has 74 valence electrons. The van der Waals surface area contributed by atoms with Gasteiger partial charge >= 0.3 is 0 Å². The molecule has 1 nitrogen and oxygen atoms in total. The van der Waals surface area contributed by atoms with Crippen LogP contribution in [0.15, 0.2) is 36.2 Å². The second kappa shape index (κ2) is 4.28. The van der Waals surface area contributed by atoms with Crippen molar-refractivity contribution in [2.75, 3.05) is 6.61 Å². The minimum atomic E-state index is -3.61. The van der Waals surface area contributed by atoms with Gasteiger partial charge in [-0.05, 0) is 12.5 Å². The van der Waals surface area contributed by atoms with Crippen LogP contribution < -0.4 is 0 Å². The number of aliphatic hydroxyl groups excluding tert-OH is 1. The van der Waals surface area contributed by atoms with Crippen molar-refractivity contribution >= 4 is 0 Å². The van der Waals surface area contributed by atoms with Gasteiger partial charge in [0.1, 0.15) is 12.4 Å². The molecule has 0 aromatic carbocycles.